The van der Waals surface area contributed by atoms with Gasteiger partial charge in [-0.25, -0.2) is 0 Å². The van der Waals surface area contributed by atoms with Gasteiger partial charge in [0.2, 0.25) is 0 Å². The first-order chi connectivity index (χ1) is 14.1. The van der Waals surface area contributed by atoms with E-state index in [4.69, 9.17) is 14.2 Å². The number of unbranched alkanes of at least 4 members (excludes halogenated alkanes) is 9. The molecule has 29 heavy (non-hydrogen) atoms. The predicted molar refractivity (Wildman–Crippen MR) is 118 cm³/mol. The van der Waals surface area contributed by atoms with Crippen LogP contribution in [0.1, 0.15) is 117 Å². The van der Waals surface area contributed by atoms with Crippen molar-refractivity contribution in [1.29, 1.82) is 0 Å². The fourth-order valence-corrected chi connectivity index (χ4v) is 3.28. The standard InChI is InChI=1S/C24H46O5/c1-4-6-8-10-11-12-14-21-28-23(25)18-19-24(26)29-22(17-15-20-27-3)16-13-9-7-5-2/h22H,4-21H2,1-3H3. The van der Waals surface area contributed by atoms with Crippen molar-refractivity contribution in [2.45, 2.75) is 123 Å². The molecule has 0 saturated heterocycles. The second kappa shape index (κ2) is 21.6. The topological polar surface area (TPSA) is 61.8 Å². The fraction of sp³-hybridized carbons (Fsp3) is 0.917. The number of carbonyl (C=O) groups excluding carboxylic acids is 2. The van der Waals surface area contributed by atoms with Crippen molar-refractivity contribution < 1.29 is 23.8 Å². The van der Waals surface area contributed by atoms with Gasteiger partial charge in [-0.3, -0.25) is 9.59 Å². The Morgan fingerprint density at radius 2 is 1.21 bits per heavy atom. The highest BCUT2D eigenvalue weighted by atomic mass is 16.5. The van der Waals surface area contributed by atoms with Crippen LogP contribution in [-0.4, -0.2) is 38.4 Å². The molecule has 0 aliphatic carbocycles. The second-order valence-electron chi connectivity index (χ2n) is 7.94. The van der Waals surface area contributed by atoms with E-state index in [-0.39, 0.29) is 30.9 Å². The Hall–Kier alpha value is -1.10. The van der Waals surface area contributed by atoms with Crippen LogP contribution in [0, 0.1) is 0 Å². The molecule has 172 valence electrons. The third-order valence-corrected chi connectivity index (χ3v) is 5.10. The van der Waals surface area contributed by atoms with Gasteiger partial charge in [-0.15, -0.1) is 0 Å². The van der Waals surface area contributed by atoms with E-state index in [1.165, 1.54) is 51.4 Å². The Morgan fingerprint density at radius 1 is 0.655 bits per heavy atom. The minimum absolute atomic E-state index is 0.0711. The van der Waals surface area contributed by atoms with Crippen LogP contribution in [-0.2, 0) is 23.8 Å². The van der Waals surface area contributed by atoms with Gasteiger partial charge in [0, 0.05) is 13.7 Å². The number of rotatable bonds is 21. The molecule has 0 aliphatic heterocycles. The summed E-state index contributed by atoms with van der Waals surface area (Å²) < 4.78 is 15.9. The highest BCUT2D eigenvalue weighted by Gasteiger charge is 2.16. The molecule has 5 nitrogen and oxygen atoms in total. The summed E-state index contributed by atoms with van der Waals surface area (Å²) in [4.78, 5) is 23.9. The van der Waals surface area contributed by atoms with Gasteiger partial charge in [-0.05, 0) is 32.1 Å². The van der Waals surface area contributed by atoms with Gasteiger partial charge in [-0.2, -0.15) is 0 Å². The minimum Gasteiger partial charge on any atom is -0.466 e. The monoisotopic (exact) mass is 414 g/mol. The third-order valence-electron chi connectivity index (χ3n) is 5.10. The Balaban J connectivity index is 3.88. The van der Waals surface area contributed by atoms with Crippen molar-refractivity contribution in [2.75, 3.05) is 20.3 Å². The number of hydrogen-bond donors (Lipinski definition) is 0. The van der Waals surface area contributed by atoms with Gasteiger partial charge in [-0.1, -0.05) is 71.6 Å². The lowest BCUT2D eigenvalue weighted by atomic mass is 10.1. The van der Waals surface area contributed by atoms with E-state index in [1.54, 1.807) is 7.11 Å². The molecule has 1 unspecified atom stereocenters. The normalized spacial score (nSPS) is 12.0. The third kappa shape index (κ3) is 20.0. The molecule has 0 aromatic heterocycles. The zero-order chi connectivity index (χ0) is 21.6. The summed E-state index contributed by atoms with van der Waals surface area (Å²) in [5.41, 5.74) is 0. The summed E-state index contributed by atoms with van der Waals surface area (Å²) in [7, 11) is 1.68. The predicted octanol–water partition coefficient (Wildman–Crippen LogP) is 6.37. The second-order valence-corrected chi connectivity index (χ2v) is 7.94. The van der Waals surface area contributed by atoms with Gasteiger partial charge < -0.3 is 14.2 Å². The van der Waals surface area contributed by atoms with E-state index in [0.717, 1.165) is 38.5 Å². The van der Waals surface area contributed by atoms with Gasteiger partial charge in [0.25, 0.3) is 0 Å². The molecule has 0 rings (SSSR count). The lowest BCUT2D eigenvalue weighted by molar-refractivity contribution is -0.154. The lowest BCUT2D eigenvalue weighted by Crippen LogP contribution is -2.20. The van der Waals surface area contributed by atoms with E-state index in [9.17, 15) is 9.59 Å². The molecule has 0 aromatic rings. The molecule has 5 heteroatoms. The summed E-state index contributed by atoms with van der Waals surface area (Å²) in [5.74, 6) is -0.595. The van der Waals surface area contributed by atoms with Crippen LogP contribution in [0.3, 0.4) is 0 Å². The summed E-state index contributed by atoms with van der Waals surface area (Å²) in [6, 6.07) is 0. The first kappa shape index (κ1) is 27.9. The van der Waals surface area contributed by atoms with E-state index in [1.807, 2.05) is 0 Å². The van der Waals surface area contributed by atoms with Crippen LogP contribution in [0.2, 0.25) is 0 Å². The van der Waals surface area contributed by atoms with Crippen molar-refractivity contribution in [2.24, 2.45) is 0 Å². The van der Waals surface area contributed by atoms with Crippen LogP contribution < -0.4 is 0 Å². The number of ether oxygens (including phenoxy) is 3. The highest BCUT2D eigenvalue weighted by Crippen LogP contribution is 2.15. The molecule has 0 heterocycles. The van der Waals surface area contributed by atoms with Crippen LogP contribution in [0.5, 0.6) is 0 Å². The molecule has 1 atom stereocenters. The number of carbonyl (C=O) groups is 2. The summed E-state index contributed by atoms with van der Waals surface area (Å²) in [6.07, 6.45) is 15.7. The molecule has 0 fully saturated rings. The smallest absolute Gasteiger partial charge is 0.306 e. The molecule has 0 N–H and O–H groups in total. The molecular weight excluding hydrogens is 368 g/mol. The molecule has 0 amide bonds. The molecule has 0 spiro atoms. The van der Waals surface area contributed by atoms with E-state index < -0.39 is 0 Å². The maximum absolute atomic E-state index is 12.1. The Kier molecular flexibility index (Phi) is 20.8. The molecule has 0 saturated carbocycles. The first-order valence-corrected chi connectivity index (χ1v) is 12.0. The van der Waals surface area contributed by atoms with Crippen molar-refractivity contribution >= 4 is 11.9 Å². The van der Waals surface area contributed by atoms with Crippen LogP contribution in [0.15, 0.2) is 0 Å². The SMILES string of the molecule is CCCCCCCCCOC(=O)CCC(=O)OC(CCCCCC)CCCOC. The van der Waals surface area contributed by atoms with Crippen LogP contribution >= 0.6 is 0 Å². The van der Waals surface area contributed by atoms with E-state index >= 15 is 0 Å². The largest absolute Gasteiger partial charge is 0.466 e. The summed E-state index contributed by atoms with van der Waals surface area (Å²) >= 11 is 0. The van der Waals surface area contributed by atoms with E-state index in [0.29, 0.717) is 13.2 Å². The average Bonchev–Trinajstić information content (AvgIpc) is 2.71. The van der Waals surface area contributed by atoms with Crippen LogP contribution in [0.25, 0.3) is 0 Å². The molecule has 0 aliphatic rings. The Bertz CT molecular complexity index is 383. The van der Waals surface area contributed by atoms with Gasteiger partial charge in [0.15, 0.2) is 0 Å². The zero-order valence-corrected chi connectivity index (χ0v) is 19.3. The first-order valence-electron chi connectivity index (χ1n) is 12.0. The minimum atomic E-state index is -0.299. The Labute approximate surface area is 179 Å². The molecular formula is C24H46O5. The fourth-order valence-electron chi connectivity index (χ4n) is 3.28. The average molecular weight is 415 g/mol. The zero-order valence-electron chi connectivity index (χ0n) is 19.3. The van der Waals surface area contributed by atoms with Gasteiger partial charge >= 0.3 is 11.9 Å². The van der Waals surface area contributed by atoms with E-state index in [2.05, 4.69) is 13.8 Å². The summed E-state index contributed by atoms with van der Waals surface area (Å²) in [6.45, 7) is 5.53. The quantitative estimate of drug-likeness (QED) is 0.161. The molecule has 0 aromatic carbocycles. The van der Waals surface area contributed by atoms with Crippen LogP contribution in [0.4, 0.5) is 0 Å². The highest BCUT2D eigenvalue weighted by molar-refractivity contribution is 5.77. The number of esters is 2. The molecule has 0 radical (unpaired) electrons. The maximum atomic E-state index is 12.1. The van der Waals surface area contributed by atoms with Crippen molar-refractivity contribution in [1.82, 2.24) is 0 Å². The lowest BCUT2D eigenvalue weighted by Gasteiger charge is -2.18. The Morgan fingerprint density at radius 3 is 1.86 bits per heavy atom. The maximum Gasteiger partial charge on any atom is 0.306 e. The number of hydrogen-bond acceptors (Lipinski definition) is 5. The molecule has 0 bridgehead atoms. The summed E-state index contributed by atoms with van der Waals surface area (Å²) in [5, 5.41) is 0. The van der Waals surface area contributed by atoms with Gasteiger partial charge in [0.1, 0.15) is 6.10 Å². The van der Waals surface area contributed by atoms with Gasteiger partial charge in [0.05, 0.1) is 19.4 Å². The van der Waals surface area contributed by atoms with Crippen molar-refractivity contribution in [3.63, 3.8) is 0 Å². The van der Waals surface area contributed by atoms with Crippen molar-refractivity contribution in [3.8, 4) is 0 Å². The number of methoxy groups -OCH3 is 1. The van der Waals surface area contributed by atoms with Crippen molar-refractivity contribution in [3.05, 3.63) is 0 Å².